The molecule has 0 saturated carbocycles. The lowest BCUT2D eigenvalue weighted by Crippen LogP contribution is -2.52. The maximum Gasteiger partial charge on any atom is 0.408 e. The summed E-state index contributed by atoms with van der Waals surface area (Å²) in [4.78, 5) is 52.6. The van der Waals surface area contributed by atoms with Crippen LogP contribution in [0.15, 0.2) is 24.3 Å². The topological polar surface area (TPSA) is 114 Å². The fourth-order valence-electron chi connectivity index (χ4n) is 3.87. The highest BCUT2D eigenvalue weighted by Gasteiger charge is 2.34. The highest BCUT2D eigenvalue weighted by Crippen LogP contribution is 2.24. The molecule has 0 radical (unpaired) electrons. The van der Waals surface area contributed by atoms with E-state index in [0.29, 0.717) is 18.5 Å². The number of hydrogen-bond donors (Lipinski definition) is 2. The number of amides is 3. The van der Waals surface area contributed by atoms with Gasteiger partial charge in [-0.1, -0.05) is 68.9 Å². The number of rotatable bonds is 14. The van der Waals surface area contributed by atoms with Crippen LogP contribution in [0.3, 0.4) is 0 Å². The van der Waals surface area contributed by atoms with E-state index in [1.54, 1.807) is 33.8 Å². The van der Waals surface area contributed by atoms with E-state index in [0.717, 1.165) is 37.7 Å². The monoisotopic (exact) mass is 519 g/mol. The molecule has 208 valence electrons. The van der Waals surface area contributed by atoms with Crippen LogP contribution in [0.5, 0.6) is 0 Å². The van der Waals surface area contributed by atoms with Crippen LogP contribution in [0.1, 0.15) is 90.3 Å². The highest BCUT2D eigenvalue weighted by molar-refractivity contribution is 5.93. The van der Waals surface area contributed by atoms with Crippen molar-refractivity contribution in [2.45, 2.75) is 97.8 Å². The lowest BCUT2D eigenvalue weighted by molar-refractivity contribution is -0.144. The van der Waals surface area contributed by atoms with Crippen LogP contribution in [0.4, 0.5) is 4.79 Å². The van der Waals surface area contributed by atoms with Gasteiger partial charge in [-0.3, -0.25) is 14.4 Å². The van der Waals surface area contributed by atoms with Crippen molar-refractivity contribution < 1.29 is 28.7 Å². The van der Waals surface area contributed by atoms with Gasteiger partial charge in [-0.25, -0.2) is 4.79 Å². The molecular weight excluding hydrogens is 474 g/mol. The molecule has 1 aromatic rings. The standard InChI is InChI=1S/C28H45N3O6/c1-8-9-10-11-12-13-17-31(26(34)21(3)30-27(35)37-28(4,5)6)24(22-16-14-15-20(2)18-22)25(33)29-19-23(32)36-7/h14-16,18,21,24H,8-13,17,19H2,1-7H3,(H,29,33)(H,30,35). The molecule has 37 heavy (non-hydrogen) atoms. The Balaban J connectivity index is 3.25. The summed E-state index contributed by atoms with van der Waals surface area (Å²) >= 11 is 0. The molecule has 0 fully saturated rings. The minimum Gasteiger partial charge on any atom is -0.468 e. The van der Waals surface area contributed by atoms with Gasteiger partial charge in [0.05, 0.1) is 7.11 Å². The summed E-state index contributed by atoms with van der Waals surface area (Å²) in [5.74, 6) is -1.51. The second-order valence-corrected chi connectivity index (χ2v) is 10.3. The molecule has 0 aliphatic heterocycles. The SMILES string of the molecule is CCCCCCCCN(C(=O)C(C)NC(=O)OC(C)(C)C)C(C(=O)NCC(=O)OC)c1cccc(C)c1. The minimum absolute atomic E-state index is 0.315. The molecule has 2 atom stereocenters. The van der Waals surface area contributed by atoms with Crippen molar-refractivity contribution in [1.82, 2.24) is 15.5 Å². The number of methoxy groups -OCH3 is 1. The van der Waals surface area contributed by atoms with Gasteiger partial charge in [-0.05, 0) is 46.6 Å². The number of carbonyl (C=O) groups is 4. The molecule has 2 N–H and O–H groups in total. The average Bonchev–Trinajstić information content (AvgIpc) is 2.81. The zero-order chi connectivity index (χ0) is 28.0. The summed E-state index contributed by atoms with van der Waals surface area (Å²) in [6, 6.07) is 5.42. The third-order valence-corrected chi connectivity index (χ3v) is 5.69. The Morgan fingerprint density at radius 2 is 1.68 bits per heavy atom. The summed E-state index contributed by atoms with van der Waals surface area (Å²) in [5.41, 5.74) is 0.824. The quantitative estimate of drug-likeness (QED) is 0.278. The van der Waals surface area contributed by atoms with Crippen molar-refractivity contribution in [2.75, 3.05) is 20.2 Å². The smallest absolute Gasteiger partial charge is 0.408 e. The normalized spacial score (nSPS) is 12.7. The zero-order valence-corrected chi connectivity index (χ0v) is 23.5. The molecule has 2 unspecified atom stereocenters. The number of hydrogen-bond acceptors (Lipinski definition) is 6. The van der Waals surface area contributed by atoms with E-state index in [4.69, 9.17) is 4.74 Å². The first-order chi connectivity index (χ1) is 17.4. The van der Waals surface area contributed by atoms with E-state index in [9.17, 15) is 19.2 Å². The van der Waals surface area contributed by atoms with Gasteiger partial charge in [-0.2, -0.15) is 0 Å². The molecule has 0 saturated heterocycles. The molecule has 0 aliphatic rings. The molecule has 3 amide bonds. The van der Waals surface area contributed by atoms with Crippen LogP contribution in [0, 0.1) is 6.92 Å². The first-order valence-electron chi connectivity index (χ1n) is 13.1. The van der Waals surface area contributed by atoms with Crippen molar-refractivity contribution in [1.29, 1.82) is 0 Å². The summed E-state index contributed by atoms with van der Waals surface area (Å²) in [6.07, 6.45) is 5.32. The molecule has 9 nitrogen and oxygen atoms in total. The lowest BCUT2D eigenvalue weighted by atomic mass is 10.00. The van der Waals surface area contributed by atoms with Gasteiger partial charge in [0, 0.05) is 6.54 Å². The van der Waals surface area contributed by atoms with Crippen molar-refractivity contribution in [2.24, 2.45) is 0 Å². The minimum atomic E-state index is -0.990. The number of nitrogens with one attached hydrogen (secondary N) is 2. The van der Waals surface area contributed by atoms with E-state index >= 15 is 0 Å². The van der Waals surface area contributed by atoms with Crippen LogP contribution in [0.2, 0.25) is 0 Å². The molecule has 0 aromatic heterocycles. The van der Waals surface area contributed by atoms with Crippen molar-refractivity contribution in [3.63, 3.8) is 0 Å². The Bertz CT molecular complexity index is 896. The third kappa shape index (κ3) is 12.1. The number of benzene rings is 1. The highest BCUT2D eigenvalue weighted by atomic mass is 16.6. The molecular formula is C28H45N3O6. The first-order valence-corrected chi connectivity index (χ1v) is 13.1. The number of esters is 1. The van der Waals surface area contributed by atoms with Gasteiger partial charge >= 0.3 is 12.1 Å². The predicted molar refractivity (Wildman–Crippen MR) is 143 cm³/mol. The number of ether oxygens (including phenoxy) is 2. The van der Waals surface area contributed by atoms with Gasteiger partial charge in [0.15, 0.2) is 0 Å². The van der Waals surface area contributed by atoms with Gasteiger partial charge < -0.3 is 25.0 Å². The van der Waals surface area contributed by atoms with E-state index in [-0.39, 0.29) is 6.54 Å². The van der Waals surface area contributed by atoms with E-state index in [2.05, 4.69) is 22.3 Å². The van der Waals surface area contributed by atoms with Crippen LogP contribution in [0.25, 0.3) is 0 Å². The van der Waals surface area contributed by atoms with Gasteiger partial charge in [0.2, 0.25) is 11.8 Å². The van der Waals surface area contributed by atoms with E-state index in [1.807, 2.05) is 25.1 Å². The molecule has 1 rings (SSSR count). The largest absolute Gasteiger partial charge is 0.468 e. The van der Waals surface area contributed by atoms with Crippen molar-refractivity contribution >= 4 is 23.9 Å². The fourth-order valence-corrected chi connectivity index (χ4v) is 3.87. The molecule has 0 aliphatic carbocycles. The predicted octanol–water partition coefficient (Wildman–Crippen LogP) is 4.43. The molecule has 9 heteroatoms. The second kappa shape index (κ2) is 15.9. The maximum atomic E-state index is 13.7. The van der Waals surface area contributed by atoms with Crippen LogP contribution in [-0.4, -0.2) is 60.6 Å². The van der Waals surface area contributed by atoms with Crippen LogP contribution < -0.4 is 10.6 Å². The Labute approximate surface area is 221 Å². The number of alkyl carbamates (subject to hydrolysis) is 1. The molecule has 0 spiro atoms. The van der Waals surface area contributed by atoms with Crippen molar-refractivity contribution in [3.8, 4) is 0 Å². The summed E-state index contributed by atoms with van der Waals surface area (Å²) in [7, 11) is 1.24. The second-order valence-electron chi connectivity index (χ2n) is 10.3. The Morgan fingerprint density at radius 3 is 2.27 bits per heavy atom. The molecule has 0 bridgehead atoms. The first kappa shape index (κ1) is 31.9. The number of aryl methyl sites for hydroxylation is 1. The number of unbranched alkanes of at least 4 members (excludes halogenated alkanes) is 5. The lowest BCUT2D eigenvalue weighted by Gasteiger charge is -2.34. The van der Waals surface area contributed by atoms with Gasteiger partial charge in [0.25, 0.3) is 0 Å². The van der Waals surface area contributed by atoms with Crippen LogP contribution >= 0.6 is 0 Å². The molecule has 0 heterocycles. The summed E-state index contributed by atoms with van der Waals surface area (Å²) in [6.45, 7) is 10.8. The summed E-state index contributed by atoms with van der Waals surface area (Å²) < 4.78 is 9.96. The Kier molecular flexibility index (Phi) is 13.7. The Morgan fingerprint density at radius 1 is 1.03 bits per heavy atom. The number of nitrogens with zero attached hydrogens (tertiary/aromatic N) is 1. The van der Waals surface area contributed by atoms with E-state index in [1.165, 1.54) is 12.0 Å². The summed E-state index contributed by atoms with van der Waals surface area (Å²) in [5, 5.41) is 5.19. The van der Waals surface area contributed by atoms with E-state index < -0.39 is 41.6 Å². The van der Waals surface area contributed by atoms with Gasteiger partial charge in [0.1, 0.15) is 24.2 Å². The maximum absolute atomic E-state index is 13.7. The zero-order valence-electron chi connectivity index (χ0n) is 23.5. The van der Waals surface area contributed by atoms with Crippen LogP contribution in [-0.2, 0) is 23.9 Å². The number of carbonyl (C=O) groups excluding carboxylic acids is 4. The molecule has 1 aromatic carbocycles. The fraction of sp³-hybridized carbons (Fsp3) is 0.643. The Hall–Kier alpha value is -3.10. The third-order valence-electron chi connectivity index (χ3n) is 5.69. The average molecular weight is 520 g/mol. The van der Waals surface area contributed by atoms with Gasteiger partial charge in [-0.15, -0.1) is 0 Å². The van der Waals surface area contributed by atoms with Crippen molar-refractivity contribution in [3.05, 3.63) is 35.4 Å².